The summed E-state index contributed by atoms with van der Waals surface area (Å²) in [6.45, 7) is 6.03. The molecule has 0 bridgehead atoms. The summed E-state index contributed by atoms with van der Waals surface area (Å²) < 4.78 is 0. The quantitative estimate of drug-likeness (QED) is 0.775. The highest BCUT2D eigenvalue weighted by atomic mass is 32.1. The summed E-state index contributed by atoms with van der Waals surface area (Å²) in [5, 5.41) is 0.908. The van der Waals surface area contributed by atoms with Crippen LogP contribution in [0.2, 0.25) is 0 Å². The molecule has 0 saturated heterocycles. The van der Waals surface area contributed by atoms with Crippen molar-refractivity contribution in [3.05, 3.63) is 51.0 Å². The highest BCUT2D eigenvalue weighted by Crippen LogP contribution is 2.18. The van der Waals surface area contributed by atoms with Crippen molar-refractivity contribution in [1.82, 2.24) is 4.98 Å². The molecule has 0 atom stereocenters. The van der Waals surface area contributed by atoms with Gasteiger partial charge in [0.2, 0.25) is 0 Å². The number of benzene rings is 1. The van der Waals surface area contributed by atoms with Crippen LogP contribution in [0.3, 0.4) is 0 Å². The second kappa shape index (κ2) is 4.80. The summed E-state index contributed by atoms with van der Waals surface area (Å²) in [6.07, 6.45) is 0.405. The van der Waals surface area contributed by atoms with Gasteiger partial charge >= 0.3 is 0 Å². The van der Waals surface area contributed by atoms with E-state index in [1.165, 1.54) is 10.4 Å². The van der Waals surface area contributed by atoms with E-state index in [2.05, 4.69) is 4.98 Å². The molecule has 1 aromatic heterocycles. The van der Waals surface area contributed by atoms with Crippen molar-refractivity contribution < 1.29 is 4.79 Å². The van der Waals surface area contributed by atoms with Crippen LogP contribution in [0.4, 0.5) is 0 Å². The van der Waals surface area contributed by atoms with Crippen molar-refractivity contribution in [3.8, 4) is 0 Å². The standard InChI is InChI=1S/C14H15NOS/c1-9-4-6-12(7-5-9)13(16)8-14-15-10(2)11(3)17-14/h4-7H,8H2,1-3H3. The lowest BCUT2D eigenvalue weighted by atomic mass is 10.1. The van der Waals surface area contributed by atoms with E-state index in [4.69, 9.17) is 0 Å². The third-order valence-corrected chi connectivity index (χ3v) is 3.83. The molecule has 0 fully saturated rings. The molecule has 2 rings (SSSR count). The van der Waals surface area contributed by atoms with E-state index in [0.29, 0.717) is 6.42 Å². The van der Waals surface area contributed by atoms with Crippen LogP contribution in [0, 0.1) is 20.8 Å². The molecule has 0 aliphatic heterocycles. The first-order valence-electron chi connectivity index (χ1n) is 5.59. The molecule has 0 aliphatic carbocycles. The molecule has 0 N–H and O–H groups in total. The average Bonchev–Trinajstić information content (AvgIpc) is 2.58. The Labute approximate surface area is 105 Å². The topological polar surface area (TPSA) is 30.0 Å². The smallest absolute Gasteiger partial charge is 0.169 e. The van der Waals surface area contributed by atoms with Gasteiger partial charge in [-0.3, -0.25) is 4.79 Å². The van der Waals surface area contributed by atoms with Gasteiger partial charge in [0.25, 0.3) is 0 Å². The van der Waals surface area contributed by atoms with E-state index in [9.17, 15) is 4.79 Å². The van der Waals surface area contributed by atoms with Crippen molar-refractivity contribution in [2.45, 2.75) is 27.2 Å². The number of aryl methyl sites for hydroxylation is 3. The number of rotatable bonds is 3. The Morgan fingerprint density at radius 2 is 1.82 bits per heavy atom. The molecule has 2 aromatic rings. The Bertz CT molecular complexity index is 520. The third-order valence-electron chi connectivity index (χ3n) is 2.76. The molecule has 0 unspecified atom stereocenters. The molecular weight excluding hydrogens is 230 g/mol. The van der Waals surface area contributed by atoms with Crippen LogP contribution in [0.25, 0.3) is 0 Å². The Morgan fingerprint density at radius 3 is 2.35 bits per heavy atom. The van der Waals surface area contributed by atoms with E-state index in [0.717, 1.165) is 16.3 Å². The minimum absolute atomic E-state index is 0.138. The van der Waals surface area contributed by atoms with Gasteiger partial charge in [-0.15, -0.1) is 11.3 Å². The van der Waals surface area contributed by atoms with E-state index in [1.54, 1.807) is 11.3 Å². The molecule has 17 heavy (non-hydrogen) atoms. The Hall–Kier alpha value is -1.48. The zero-order valence-corrected chi connectivity index (χ0v) is 11.1. The molecule has 88 valence electrons. The van der Waals surface area contributed by atoms with E-state index < -0.39 is 0 Å². The summed E-state index contributed by atoms with van der Waals surface area (Å²) in [5.41, 5.74) is 2.96. The van der Waals surface area contributed by atoms with Crippen LogP contribution in [0.5, 0.6) is 0 Å². The third kappa shape index (κ3) is 2.80. The monoisotopic (exact) mass is 245 g/mol. The predicted octanol–water partition coefficient (Wildman–Crippen LogP) is 3.49. The number of thiazole rings is 1. The zero-order chi connectivity index (χ0) is 12.4. The molecule has 1 heterocycles. The van der Waals surface area contributed by atoms with Crippen molar-refractivity contribution in [2.75, 3.05) is 0 Å². The summed E-state index contributed by atoms with van der Waals surface area (Å²) in [5.74, 6) is 0.138. The fourth-order valence-corrected chi connectivity index (χ4v) is 2.53. The SMILES string of the molecule is Cc1ccc(C(=O)Cc2nc(C)c(C)s2)cc1. The molecule has 0 radical (unpaired) electrons. The number of carbonyl (C=O) groups is 1. The van der Waals surface area contributed by atoms with Crippen LogP contribution >= 0.6 is 11.3 Å². The highest BCUT2D eigenvalue weighted by molar-refractivity contribution is 7.11. The first-order chi connectivity index (χ1) is 8.06. The maximum atomic E-state index is 12.0. The lowest BCUT2D eigenvalue weighted by Gasteiger charge is -1.99. The fourth-order valence-electron chi connectivity index (χ4n) is 1.59. The molecule has 0 aliphatic rings. The lowest BCUT2D eigenvalue weighted by molar-refractivity contribution is 0.0993. The normalized spacial score (nSPS) is 10.5. The Morgan fingerprint density at radius 1 is 1.18 bits per heavy atom. The molecule has 2 nitrogen and oxygen atoms in total. The van der Waals surface area contributed by atoms with Crippen LogP contribution in [-0.2, 0) is 6.42 Å². The van der Waals surface area contributed by atoms with Crippen LogP contribution < -0.4 is 0 Å². The molecule has 0 spiro atoms. The average molecular weight is 245 g/mol. The van der Waals surface area contributed by atoms with E-state index >= 15 is 0 Å². The highest BCUT2D eigenvalue weighted by Gasteiger charge is 2.10. The molecular formula is C14H15NOS. The number of nitrogens with zero attached hydrogens (tertiary/aromatic N) is 1. The maximum absolute atomic E-state index is 12.0. The number of hydrogen-bond donors (Lipinski definition) is 0. The first kappa shape index (κ1) is 12.0. The van der Waals surface area contributed by atoms with Gasteiger partial charge in [0.05, 0.1) is 12.1 Å². The van der Waals surface area contributed by atoms with Gasteiger partial charge in [-0.2, -0.15) is 0 Å². The Kier molecular flexibility index (Phi) is 3.38. The van der Waals surface area contributed by atoms with Crippen molar-refractivity contribution in [2.24, 2.45) is 0 Å². The summed E-state index contributed by atoms with van der Waals surface area (Å²) in [6, 6.07) is 7.69. The van der Waals surface area contributed by atoms with Crippen LogP contribution in [0.1, 0.15) is 31.5 Å². The molecule has 3 heteroatoms. The van der Waals surface area contributed by atoms with Gasteiger partial charge in [0.15, 0.2) is 5.78 Å². The van der Waals surface area contributed by atoms with Crippen molar-refractivity contribution in [1.29, 1.82) is 0 Å². The van der Waals surface area contributed by atoms with E-state index in [1.807, 2.05) is 45.0 Å². The second-order valence-electron chi connectivity index (χ2n) is 4.22. The number of ketones is 1. The van der Waals surface area contributed by atoms with Gasteiger partial charge in [-0.05, 0) is 20.8 Å². The van der Waals surface area contributed by atoms with Crippen LogP contribution in [-0.4, -0.2) is 10.8 Å². The molecule has 1 aromatic carbocycles. The maximum Gasteiger partial charge on any atom is 0.169 e. The van der Waals surface area contributed by atoms with Gasteiger partial charge in [-0.25, -0.2) is 4.98 Å². The van der Waals surface area contributed by atoms with Crippen molar-refractivity contribution >= 4 is 17.1 Å². The summed E-state index contributed by atoms with van der Waals surface area (Å²) >= 11 is 1.61. The minimum atomic E-state index is 0.138. The first-order valence-corrected chi connectivity index (χ1v) is 6.40. The summed E-state index contributed by atoms with van der Waals surface area (Å²) in [4.78, 5) is 17.6. The second-order valence-corrected chi connectivity index (χ2v) is 5.50. The molecule has 0 amide bonds. The Balaban J connectivity index is 2.14. The number of aromatic nitrogens is 1. The fraction of sp³-hybridized carbons (Fsp3) is 0.286. The van der Waals surface area contributed by atoms with Gasteiger partial charge < -0.3 is 0 Å². The van der Waals surface area contributed by atoms with Gasteiger partial charge in [-0.1, -0.05) is 29.8 Å². The largest absolute Gasteiger partial charge is 0.294 e. The lowest BCUT2D eigenvalue weighted by Crippen LogP contribution is -2.03. The molecule has 0 saturated carbocycles. The van der Waals surface area contributed by atoms with Gasteiger partial charge in [0.1, 0.15) is 5.01 Å². The number of carbonyl (C=O) groups excluding carboxylic acids is 1. The van der Waals surface area contributed by atoms with Crippen LogP contribution in [0.15, 0.2) is 24.3 Å². The van der Waals surface area contributed by atoms with Gasteiger partial charge in [0, 0.05) is 10.4 Å². The summed E-state index contributed by atoms with van der Waals surface area (Å²) in [7, 11) is 0. The predicted molar refractivity (Wildman–Crippen MR) is 70.8 cm³/mol. The van der Waals surface area contributed by atoms with E-state index in [-0.39, 0.29) is 5.78 Å². The number of Topliss-reactive ketones (excluding diaryl/α,β-unsaturated/α-hetero) is 1. The minimum Gasteiger partial charge on any atom is -0.294 e. The zero-order valence-electron chi connectivity index (χ0n) is 10.3. The van der Waals surface area contributed by atoms with Crippen molar-refractivity contribution in [3.63, 3.8) is 0 Å². The number of hydrogen-bond acceptors (Lipinski definition) is 3.